The van der Waals surface area contributed by atoms with Gasteiger partial charge in [0.25, 0.3) is 5.56 Å². The van der Waals surface area contributed by atoms with Crippen LogP contribution >= 0.6 is 0 Å². The molecule has 1 saturated carbocycles. The van der Waals surface area contributed by atoms with Crippen LogP contribution in [0.4, 0.5) is 0 Å². The van der Waals surface area contributed by atoms with Gasteiger partial charge in [-0.15, -0.1) is 0 Å². The van der Waals surface area contributed by atoms with Gasteiger partial charge in [-0.2, -0.15) is 5.10 Å². The number of nitrogens with zero attached hydrogens (tertiary/aromatic N) is 2. The molecule has 1 aromatic heterocycles. The van der Waals surface area contributed by atoms with Crippen molar-refractivity contribution in [3.05, 3.63) is 28.7 Å². The number of nitrogens with two attached hydrogens (primary N) is 1. The lowest BCUT2D eigenvalue weighted by Gasteiger charge is -2.14. The second kappa shape index (κ2) is 4.57. The number of aromatic nitrogens is 2. The van der Waals surface area contributed by atoms with E-state index in [1.165, 1.54) is 17.5 Å². The van der Waals surface area contributed by atoms with Gasteiger partial charge in [0.1, 0.15) is 0 Å². The molecule has 4 heteroatoms. The van der Waals surface area contributed by atoms with Crippen molar-refractivity contribution in [3.63, 3.8) is 0 Å². The average molecular weight is 207 g/mol. The molecule has 0 spiro atoms. The first-order valence-electron chi connectivity index (χ1n) is 5.55. The van der Waals surface area contributed by atoms with Crippen LogP contribution in [0.3, 0.4) is 0 Å². The Morgan fingerprint density at radius 2 is 2.40 bits per heavy atom. The molecule has 0 saturated heterocycles. The van der Waals surface area contributed by atoms with Gasteiger partial charge >= 0.3 is 0 Å². The minimum Gasteiger partial charge on any atom is -0.327 e. The van der Waals surface area contributed by atoms with Gasteiger partial charge in [0.2, 0.25) is 0 Å². The summed E-state index contributed by atoms with van der Waals surface area (Å²) < 4.78 is 1.52. The molecule has 0 aliphatic heterocycles. The molecule has 4 nitrogen and oxygen atoms in total. The van der Waals surface area contributed by atoms with Crippen LogP contribution in [0.5, 0.6) is 0 Å². The van der Waals surface area contributed by atoms with Gasteiger partial charge in [-0.25, -0.2) is 4.68 Å². The Labute approximate surface area is 89.1 Å². The van der Waals surface area contributed by atoms with E-state index in [1.807, 2.05) is 0 Å². The summed E-state index contributed by atoms with van der Waals surface area (Å²) >= 11 is 0. The van der Waals surface area contributed by atoms with Gasteiger partial charge in [0.05, 0.1) is 0 Å². The van der Waals surface area contributed by atoms with E-state index in [-0.39, 0.29) is 5.56 Å². The lowest BCUT2D eigenvalue weighted by Crippen LogP contribution is -2.28. The van der Waals surface area contributed by atoms with Crippen LogP contribution in [0.2, 0.25) is 0 Å². The fourth-order valence-electron chi connectivity index (χ4n) is 2.27. The molecule has 0 amide bonds. The predicted octanol–water partition coefficient (Wildman–Crippen LogP) is 0.761. The third-order valence-corrected chi connectivity index (χ3v) is 3.21. The second-order valence-corrected chi connectivity index (χ2v) is 4.23. The van der Waals surface area contributed by atoms with E-state index in [4.69, 9.17) is 5.73 Å². The summed E-state index contributed by atoms with van der Waals surface area (Å²) in [7, 11) is 0. The van der Waals surface area contributed by atoms with E-state index in [9.17, 15) is 4.79 Å². The molecule has 1 fully saturated rings. The first kappa shape index (κ1) is 10.4. The highest BCUT2D eigenvalue weighted by Gasteiger charge is 2.23. The highest BCUT2D eigenvalue weighted by Crippen LogP contribution is 2.26. The maximum absolute atomic E-state index is 11.4. The van der Waals surface area contributed by atoms with E-state index in [2.05, 4.69) is 5.10 Å². The lowest BCUT2D eigenvalue weighted by atomic mass is 10.0. The monoisotopic (exact) mass is 207 g/mol. The Morgan fingerprint density at radius 1 is 1.53 bits per heavy atom. The van der Waals surface area contributed by atoms with Crippen LogP contribution in [0.25, 0.3) is 0 Å². The Balaban J connectivity index is 1.93. The summed E-state index contributed by atoms with van der Waals surface area (Å²) in [6, 6.07) is 3.53. The molecule has 1 heterocycles. The topological polar surface area (TPSA) is 60.9 Å². The molecule has 1 aliphatic carbocycles. The number of aryl methyl sites for hydroxylation is 1. The molecule has 2 unspecified atom stereocenters. The third-order valence-electron chi connectivity index (χ3n) is 3.21. The van der Waals surface area contributed by atoms with Crippen molar-refractivity contribution in [1.82, 2.24) is 9.78 Å². The van der Waals surface area contributed by atoms with Crippen LogP contribution in [-0.2, 0) is 6.54 Å². The zero-order chi connectivity index (χ0) is 10.7. The third kappa shape index (κ3) is 2.45. The summed E-state index contributed by atoms with van der Waals surface area (Å²) in [5, 5.41) is 4.03. The molecular formula is C11H17N3O. The molecule has 0 radical (unpaired) electrons. The zero-order valence-electron chi connectivity index (χ0n) is 8.80. The van der Waals surface area contributed by atoms with Gasteiger partial charge in [-0.1, -0.05) is 6.42 Å². The van der Waals surface area contributed by atoms with E-state index in [1.54, 1.807) is 18.3 Å². The summed E-state index contributed by atoms with van der Waals surface area (Å²) in [6.45, 7) is 0.692. The van der Waals surface area contributed by atoms with Crippen molar-refractivity contribution in [2.75, 3.05) is 0 Å². The lowest BCUT2D eigenvalue weighted by molar-refractivity contribution is 0.396. The average Bonchev–Trinajstić information content (AvgIpc) is 2.63. The summed E-state index contributed by atoms with van der Waals surface area (Å²) in [6.07, 6.45) is 6.17. The van der Waals surface area contributed by atoms with Crippen molar-refractivity contribution < 1.29 is 0 Å². The van der Waals surface area contributed by atoms with Crippen LogP contribution in [0.1, 0.15) is 25.7 Å². The van der Waals surface area contributed by atoms with Gasteiger partial charge in [0, 0.05) is 24.8 Å². The minimum atomic E-state index is -0.0240. The molecule has 15 heavy (non-hydrogen) atoms. The van der Waals surface area contributed by atoms with Crippen molar-refractivity contribution in [3.8, 4) is 0 Å². The number of rotatable bonds is 3. The first-order valence-corrected chi connectivity index (χ1v) is 5.55. The number of hydrogen-bond acceptors (Lipinski definition) is 3. The fraction of sp³-hybridized carbons (Fsp3) is 0.636. The predicted molar refractivity (Wildman–Crippen MR) is 58.4 cm³/mol. The maximum atomic E-state index is 11.4. The Bertz CT molecular complexity index is 374. The van der Waals surface area contributed by atoms with Crippen molar-refractivity contribution in [2.24, 2.45) is 11.7 Å². The SMILES string of the molecule is NC1CCCC1CCn1ncccc1=O. The largest absolute Gasteiger partial charge is 0.327 e. The van der Waals surface area contributed by atoms with E-state index in [0.717, 1.165) is 12.8 Å². The Kier molecular flexibility index (Phi) is 3.16. The second-order valence-electron chi connectivity index (χ2n) is 4.23. The van der Waals surface area contributed by atoms with Crippen molar-refractivity contribution >= 4 is 0 Å². The Morgan fingerprint density at radius 3 is 3.07 bits per heavy atom. The Hall–Kier alpha value is -1.16. The molecular weight excluding hydrogens is 190 g/mol. The van der Waals surface area contributed by atoms with Crippen molar-refractivity contribution in [1.29, 1.82) is 0 Å². The summed E-state index contributed by atoms with van der Waals surface area (Å²) in [4.78, 5) is 11.4. The molecule has 0 bridgehead atoms. The first-order chi connectivity index (χ1) is 7.27. The highest BCUT2D eigenvalue weighted by molar-refractivity contribution is 4.85. The molecule has 1 aromatic rings. The van der Waals surface area contributed by atoms with E-state index in [0.29, 0.717) is 18.5 Å². The van der Waals surface area contributed by atoms with Crippen molar-refractivity contribution in [2.45, 2.75) is 38.3 Å². The van der Waals surface area contributed by atoms with Gasteiger partial charge in [-0.05, 0) is 31.2 Å². The normalized spacial score (nSPS) is 25.7. The van der Waals surface area contributed by atoms with Crippen LogP contribution in [0, 0.1) is 5.92 Å². The molecule has 2 N–H and O–H groups in total. The summed E-state index contributed by atoms with van der Waals surface area (Å²) in [5.74, 6) is 0.568. The summed E-state index contributed by atoms with van der Waals surface area (Å²) in [5.41, 5.74) is 5.95. The fourth-order valence-corrected chi connectivity index (χ4v) is 2.27. The smallest absolute Gasteiger partial charge is 0.266 e. The molecule has 82 valence electrons. The minimum absolute atomic E-state index is 0.0240. The molecule has 1 aliphatic rings. The standard InChI is InChI=1S/C11H17N3O/c12-10-4-1-3-9(10)6-8-14-11(15)5-2-7-13-14/h2,5,7,9-10H,1,3-4,6,8,12H2. The van der Waals surface area contributed by atoms with Crippen LogP contribution in [-0.4, -0.2) is 15.8 Å². The molecule has 0 aromatic carbocycles. The van der Waals surface area contributed by atoms with Gasteiger partial charge in [-0.3, -0.25) is 4.79 Å². The van der Waals surface area contributed by atoms with Gasteiger partial charge < -0.3 is 5.73 Å². The highest BCUT2D eigenvalue weighted by atomic mass is 16.1. The van der Waals surface area contributed by atoms with Gasteiger partial charge in [0.15, 0.2) is 0 Å². The van der Waals surface area contributed by atoms with Crippen LogP contribution in [0.15, 0.2) is 23.1 Å². The quantitative estimate of drug-likeness (QED) is 0.796. The molecule has 2 atom stereocenters. The maximum Gasteiger partial charge on any atom is 0.266 e. The van der Waals surface area contributed by atoms with Crippen LogP contribution < -0.4 is 11.3 Å². The molecule has 2 rings (SSSR count). The zero-order valence-corrected chi connectivity index (χ0v) is 8.80. The number of hydrogen-bond donors (Lipinski definition) is 1. The van der Waals surface area contributed by atoms with E-state index >= 15 is 0 Å². The van der Waals surface area contributed by atoms with E-state index < -0.39 is 0 Å².